The summed E-state index contributed by atoms with van der Waals surface area (Å²) in [5, 5.41) is 0. The highest BCUT2D eigenvalue weighted by molar-refractivity contribution is 6.04. The van der Waals surface area contributed by atoms with Crippen LogP contribution in [0.2, 0.25) is 0 Å². The Bertz CT molecular complexity index is 84.9. The molecular formula is C7H16BN. The maximum atomic E-state index is 2.48. The van der Waals surface area contributed by atoms with E-state index in [2.05, 4.69) is 26.6 Å². The monoisotopic (exact) mass is 125 g/mol. The zero-order chi connectivity index (χ0) is 6.85. The van der Waals surface area contributed by atoms with Crippen LogP contribution in [0.25, 0.3) is 0 Å². The number of hydrogen-bond acceptors (Lipinski definition) is 1. The Morgan fingerprint density at radius 2 is 1.67 bits per heavy atom. The van der Waals surface area contributed by atoms with E-state index in [9.17, 15) is 0 Å². The van der Waals surface area contributed by atoms with Crippen molar-refractivity contribution < 1.29 is 0 Å². The van der Waals surface area contributed by atoms with E-state index in [1.165, 1.54) is 19.3 Å². The van der Waals surface area contributed by atoms with E-state index in [0.29, 0.717) is 0 Å². The molecule has 0 radical (unpaired) electrons. The second-order valence-corrected chi connectivity index (χ2v) is 3.29. The molecule has 2 unspecified atom stereocenters. The zero-order valence-electron chi connectivity index (χ0n) is 6.72. The molecule has 1 rings (SSSR count). The van der Waals surface area contributed by atoms with Crippen LogP contribution in [0.3, 0.4) is 0 Å². The van der Waals surface area contributed by atoms with Crippen molar-refractivity contribution in [2.24, 2.45) is 0 Å². The smallest absolute Gasteiger partial charge is 0.186 e. The van der Waals surface area contributed by atoms with Crippen LogP contribution in [-0.2, 0) is 0 Å². The van der Waals surface area contributed by atoms with Crippen LogP contribution in [0.15, 0.2) is 0 Å². The molecule has 0 bridgehead atoms. The summed E-state index contributed by atoms with van der Waals surface area (Å²) in [6.07, 6.45) is 4.20. The summed E-state index contributed by atoms with van der Waals surface area (Å²) in [7, 11) is 2.23. The minimum atomic E-state index is 0.814. The second-order valence-electron chi connectivity index (χ2n) is 3.29. The molecule has 1 aliphatic rings. The Balaban J connectivity index is 2.41. The lowest BCUT2D eigenvalue weighted by Gasteiger charge is -2.36. The van der Waals surface area contributed by atoms with Crippen LogP contribution < -0.4 is 0 Å². The molecule has 9 heavy (non-hydrogen) atoms. The lowest BCUT2D eigenvalue weighted by molar-refractivity contribution is 0.211. The average Bonchev–Trinajstić information content (AvgIpc) is 1.83. The molecule has 0 aromatic rings. The molecule has 0 spiro atoms. The van der Waals surface area contributed by atoms with Crippen LogP contribution in [0, 0.1) is 0 Å². The lowest BCUT2D eigenvalue weighted by Crippen LogP contribution is -2.41. The summed E-state index contributed by atoms with van der Waals surface area (Å²) >= 11 is 0. The van der Waals surface area contributed by atoms with Crippen LogP contribution in [0.1, 0.15) is 33.1 Å². The van der Waals surface area contributed by atoms with E-state index < -0.39 is 0 Å². The van der Waals surface area contributed by atoms with Gasteiger partial charge in [-0.3, -0.25) is 0 Å². The summed E-state index contributed by atoms with van der Waals surface area (Å²) in [6, 6.07) is 1.63. The Hall–Kier alpha value is 0.0249. The van der Waals surface area contributed by atoms with Crippen molar-refractivity contribution >= 4 is 7.98 Å². The topological polar surface area (TPSA) is 3.24 Å². The Morgan fingerprint density at radius 1 is 1.22 bits per heavy atom. The molecule has 0 saturated carbocycles. The van der Waals surface area contributed by atoms with Crippen molar-refractivity contribution in [1.29, 1.82) is 0 Å². The number of hydrogen-bond donors (Lipinski definition) is 0. The lowest BCUT2D eigenvalue weighted by atomic mass is 9.94. The van der Waals surface area contributed by atoms with Crippen molar-refractivity contribution in [1.82, 2.24) is 4.81 Å². The zero-order valence-corrected chi connectivity index (χ0v) is 6.72. The van der Waals surface area contributed by atoms with E-state index in [0.717, 1.165) is 12.1 Å². The quantitative estimate of drug-likeness (QED) is 0.433. The Kier molecular flexibility index (Phi) is 2.17. The van der Waals surface area contributed by atoms with Gasteiger partial charge in [0.1, 0.15) is 0 Å². The van der Waals surface area contributed by atoms with Crippen molar-refractivity contribution in [2.45, 2.75) is 45.2 Å². The molecule has 1 nitrogen and oxygen atoms in total. The highest BCUT2D eigenvalue weighted by Gasteiger charge is 2.19. The van der Waals surface area contributed by atoms with E-state index in [-0.39, 0.29) is 0 Å². The molecule has 1 fully saturated rings. The first-order valence-corrected chi connectivity index (χ1v) is 3.93. The van der Waals surface area contributed by atoms with Gasteiger partial charge in [-0.25, -0.2) is 0 Å². The molecular weight excluding hydrogens is 109 g/mol. The number of rotatable bonds is 0. The van der Waals surface area contributed by atoms with Gasteiger partial charge in [-0.05, 0) is 24.9 Å². The maximum absolute atomic E-state index is 2.48. The average molecular weight is 125 g/mol. The molecule has 0 amide bonds. The van der Waals surface area contributed by atoms with Crippen molar-refractivity contribution in [3.8, 4) is 0 Å². The highest BCUT2D eigenvalue weighted by Crippen LogP contribution is 2.19. The van der Waals surface area contributed by atoms with Gasteiger partial charge in [-0.1, -0.05) is 20.3 Å². The minimum Gasteiger partial charge on any atom is -0.344 e. The standard InChI is InChI=1S/C7H16BN/c1-6-4-3-5-7(2)9(6)8/h6-7H,3-5,8H2,1-2H3. The van der Waals surface area contributed by atoms with Gasteiger partial charge < -0.3 is 4.81 Å². The predicted molar refractivity (Wildman–Crippen MR) is 43.2 cm³/mol. The molecule has 0 aromatic heterocycles. The van der Waals surface area contributed by atoms with Gasteiger partial charge in [0.15, 0.2) is 7.98 Å². The summed E-state index contributed by atoms with van der Waals surface area (Å²) in [5.74, 6) is 0. The van der Waals surface area contributed by atoms with Gasteiger partial charge in [0.25, 0.3) is 0 Å². The van der Waals surface area contributed by atoms with Crippen LogP contribution in [0.4, 0.5) is 0 Å². The summed E-state index contributed by atoms with van der Waals surface area (Å²) in [6.45, 7) is 4.63. The van der Waals surface area contributed by atoms with Crippen LogP contribution in [-0.4, -0.2) is 24.9 Å². The van der Waals surface area contributed by atoms with Crippen LogP contribution >= 0.6 is 0 Å². The molecule has 0 aliphatic carbocycles. The van der Waals surface area contributed by atoms with Crippen molar-refractivity contribution in [3.05, 3.63) is 0 Å². The van der Waals surface area contributed by atoms with Gasteiger partial charge in [0.2, 0.25) is 0 Å². The normalized spacial score (nSPS) is 38.9. The van der Waals surface area contributed by atoms with Gasteiger partial charge in [0.05, 0.1) is 0 Å². The highest BCUT2D eigenvalue weighted by atomic mass is 15.1. The van der Waals surface area contributed by atoms with Gasteiger partial charge in [-0.2, -0.15) is 0 Å². The summed E-state index contributed by atoms with van der Waals surface area (Å²) in [4.78, 5) is 2.48. The SMILES string of the molecule is BN1C(C)CCCC1C. The van der Waals surface area contributed by atoms with Gasteiger partial charge in [0, 0.05) is 0 Å². The Morgan fingerprint density at radius 3 is 2.00 bits per heavy atom. The molecule has 2 heteroatoms. The first kappa shape index (κ1) is 7.14. The molecule has 52 valence electrons. The molecule has 0 aromatic carbocycles. The van der Waals surface area contributed by atoms with E-state index in [1.54, 1.807) is 0 Å². The molecule has 1 saturated heterocycles. The first-order chi connectivity index (χ1) is 4.22. The van der Waals surface area contributed by atoms with Gasteiger partial charge >= 0.3 is 0 Å². The Labute approximate surface area is 58.9 Å². The fourth-order valence-electron chi connectivity index (χ4n) is 1.55. The fraction of sp³-hybridized carbons (Fsp3) is 1.00. The minimum absolute atomic E-state index is 0.814. The van der Waals surface area contributed by atoms with E-state index in [4.69, 9.17) is 0 Å². The van der Waals surface area contributed by atoms with E-state index >= 15 is 0 Å². The molecule has 0 N–H and O–H groups in total. The molecule has 2 atom stereocenters. The number of piperidine rings is 1. The fourth-order valence-corrected chi connectivity index (χ4v) is 1.55. The molecule has 1 aliphatic heterocycles. The molecule has 1 heterocycles. The maximum Gasteiger partial charge on any atom is 0.186 e. The summed E-state index contributed by atoms with van der Waals surface area (Å²) in [5.41, 5.74) is 0. The van der Waals surface area contributed by atoms with Crippen LogP contribution in [0.5, 0.6) is 0 Å². The third-order valence-electron chi connectivity index (χ3n) is 2.63. The van der Waals surface area contributed by atoms with Crippen molar-refractivity contribution in [3.63, 3.8) is 0 Å². The van der Waals surface area contributed by atoms with Gasteiger partial charge in [-0.15, -0.1) is 0 Å². The largest absolute Gasteiger partial charge is 0.344 e. The first-order valence-electron chi connectivity index (χ1n) is 3.93. The summed E-state index contributed by atoms with van der Waals surface area (Å²) < 4.78 is 0. The van der Waals surface area contributed by atoms with E-state index in [1.807, 2.05) is 0 Å². The van der Waals surface area contributed by atoms with Crippen molar-refractivity contribution in [2.75, 3.05) is 0 Å². The second kappa shape index (κ2) is 2.74. The third-order valence-corrected chi connectivity index (χ3v) is 2.63. The third kappa shape index (κ3) is 1.48. The predicted octanol–water partition coefficient (Wildman–Crippen LogP) is 0.797. The number of nitrogens with zero attached hydrogens (tertiary/aromatic N) is 1.